The van der Waals surface area contributed by atoms with E-state index in [9.17, 15) is 26.8 Å². The van der Waals surface area contributed by atoms with Gasteiger partial charge >= 0.3 is 12.6 Å². The molecule has 1 atom stereocenters. The number of hydrogen-bond acceptors (Lipinski definition) is 6. The predicted octanol–water partition coefficient (Wildman–Crippen LogP) is 3.28. The number of nitrogens with zero attached hydrogens (tertiary/aromatic N) is 1. The number of carbonyl (C=O) groups is 2. The topological polar surface area (TPSA) is 102 Å². The van der Waals surface area contributed by atoms with E-state index in [0.29, 0.717) is 11.4 Å². The molecular formula is C20H19ClF2N2O6S. The van der Waals surface area contributed by atoms with Gasteiger partial charge in [-0.2, -0.15) is 13.1 Å². The van der Waals surface area contributed by atoms with Gasteiger partial charge in [0.05, 0.1) is 10.6 Å². The SMILES string of the molecule is O=C(COC(=O)[C@@H]1CCCN1S(=O)(=O)c1ccc(Cl)cc1)Nc1ccccc1OC(F)F. The molecule has 0 aromatic heterocycles. The number of benzene rings is 2. The van der Waals surface area contributed by atoms with Crippen LogP contribution in [0.3, 0.4) is 0 Å². The van der Waals surface area contributed by atoms with E-state index in [2.05, 4.69) is 10.1 Å². The number of ether oxygens (including phenoxy) is 2. The summed E-state index contributed by atoms with van der Waals surface area (Å²) >= 11 is 5.80. The Morgan fingerprint density at radius 2 is 1.84 bits per heavy atom. The van der Waals surface area contributed by atoms with E-state index in [1.54, 1.807) is 0 Å². The molecule has 1 saturated heterocycles. The van der Waals surface area contributed by atoms with E-state index in [1.165, 1.54) is 48.5 Å². The summed E-state index contributed by atoms with van der Waals surface area (Å²) in [6.07, 6.45) is 0.676. The Balaban J connectivity index is 1.62. The quantitative estimate of drug-likeness (QED) is 0.572. The average Bonchev–Trinajstić information content (AvgIpc) is 3.24. The van der Waals surface area contributed by atoms with Crippen molar-refractivity contribution in [1.82, 2.24) is 4.31 Å². The summed E-state index contributed by atoms with van der Waals surface area (Å²) in [6.45, 7) is -3.69. The summed E-state index contributed by atoms with van der Waals surface area (Å²) in [6, 6.07) is 9.98. The lowest BCUT2D eigenvalue weighted by Gasteiger charge is -2.22. The molecule has 3 rings (SSSR count). The third-order valence-electron chi connectivity index (χ3n) is 4.62. The Bertz CT molecular complexity index is 1080. The molecule has 0 bridgehead atoms. The number of anilines is 1. The van der Waals surface area contributed by atoms with E-state index >= 15 is 0 Å². The summed E-state index contributed by atoms with van der Waals surface area (Å²) in [5.41, 5.74) is -0.0262. The van der Waals surface area contributed by atoms with Gasteiger partial charge in [0, 0.05) is 11.6 Å². The molecule has 172 valence electrons. The van der Waals surface area contributed by atoms with E-state index in [-0.39, 0.29) is 29.3 Å². The molecule has 1 fully saturated rings. The Morgan fingerprint density at radius 1 is 1.16 bits per heavy atom. The van der Waals surface area contributed by atoms with E-state index in [0.717, 1.165) is 4.31 Å². The fraction of sp³-hybridized carbons (Fsp3) is 0.300. The molecule has 12 heteroatoms. The van der Waals surface area contributed by atoms with Gasteiger partial charge in [-0.25, -0.2) is 8.42 Å². The zero-order valence-electron chi connectivity index (χ0n) is 16.5. The highest BCUT2D eigenvalue weighted by Gasteiger charge is 2.40. The summed E-state index contributed by atoms with van der Waals surface area (Å²) in [4.78, 5) is 24.6. The van der Waals surface area contributed by atoms with Gasteiger partial charge in [0.2, 0.25) is 10.0 Å². The minimum atomic E-state index is -3.97. The van der Waals surface area contributed by atoms with Crippen molar-refractivity contribution >= 4 is 39.2 Å². The summed E-state index contributed by atoms with van der Waals surface area (Å²) < 4.78 is 61.1. The lowest BCUT2D eigenvalue weighted by atomic mass is 10.2. The first-order valence-electron chi connectivity index (χ1n) is 9.46. The fourth-order valence-corrected chi connectivity index (χ4v) is 4.97. The monoisotopic (exact) mass is 488 g/mol. The maximum Gasteiger partial charge on any atom is 0.387 e. The Labute approximate surface area is 188 Å². The van der Waals surface area contributed by atoms with E-state index in [4.69, 9.17) is 16.3 Å². The van der Waals surface area contributed by atoms with Crippen LogP contribution in [-0.4, -0.2) is 50.4 Å². The van der Waals surface area contributed by atoms with Gasteiger partial charge in [0.15, 0.2) is 6.61 Å². The van der Waals surface area contributed by atoms with Gasteiger partial charge in [-0.05, 0) is 49.2 Å². The number of rotatable bonds is 8. The van der Waals surface area contributed by atoms with Crippen molar-refractivity contribution in [2.75, 3.05) is 18.5 Å². The zero-order chi connectivity index (χ0) is 23.3. The van der Waals surface area contributed by atoms with Crippen LogP contribution in [-0.2, 0) is 24.3 Å². The number of carbonyl (C=O) groups excluding carboxylic acids is 2. The van der Waals surface area contributed by atoms with Crippen molar-refractivity contribution < 1.29 is 36.3 Å². The van der Waals surface area contributed by atoms with Crippen LogP contribution in [0.1, 0.15) is 12.8 Å². The van der Waals surface area contributed by atoms with Crippen LogP contribution in [0.5, 0.6) is 5.75 Å². The second kappa shape index (κ2) is 10.2. The van der Waals surface area contributed by atoms with Crippen LogP contribution >= 0.6 is 11.6 Å². The number of hydrogen-bond donors (Lipinski definition) is 1. The van der Waals surface area contributed by atoms with Crippen LogP contribution in [0.15, 0.2) is 53.4 Å². The molecule has 2 aromatic carbocycles. The molecule has 0 saturated carbocycles. The highest BCUT2D eigenvalue weighted by molar-refractivity contribution is 7.89. The van der Waals surface area contributed by atoms with Crippen LogP contribution in [0.4, 0.5) is 14.5 Å². The van der Waals surface area contributed by atoms with Gasteiger partial charge in [-0.15, -0.1) is 0 Å². The van der Waals surface area contributed by atoms with Crippen LogP contribution < -0.4 is 10.1 Å². The van der Waals surface area contributed by atoms with Crippen molar-refractivity contribution in [1.29, 1.82) is 0 Å². The van der Waals surface area contributed by atoms with Gasteiger partial charge in [0.1, 0.15) is 11.8 Å². The minimum Gasteiger partial charge on any atom is -0.454 e. The molecule has 8 nitrogen and oxygen atoms in total. The summed E-state index contributed by atoms with van der Waals surface area (Å²) in [5.74, 6) is -1.93. The number of alkyl halides is 2. The van der Waals surface area contributed by atoms with Crippen molar-refractivity contribution in [2.45, 2.75) is 30.4 Å². The predicted molar refractivity (Wildman–Crippen MR) is 111 cm³/mol. The normalized spacial score (nSPS) is 16.7. The first kappa shape index (κ1) is 23.9. The van der Waals surface area contributed by atoms with Crippen LogP contribution in [0.2, 0.25) is 5.02 Å². The Hall–Kier alpha value is -2.76. The molecular weight excluding hydrogens is 470 g/mol. The van der Waals surface area contributed by atoms with Crippen molar-refractivity contribution in [3.63, 3.8) is 0 Å². The first-order chi connectivity index (χ1) is 15.2. The summed E-state index contributed by atoms with van der Waals surface area (Å²) in [7, 11) is -3.97. The molecule has 0 radical (unpaired) electrons. The minimum absolute atomic E-state index is 0.0185. The van der Waals surface area contributed by atoms with Gasteiger partial charge in [0.25, 0.3) is 5.91 Å². The van der Waals surface area contributed by atoms with Crippen LogP contribution in [0, 0.1) is 0 Å². The highest BCUT2D eigenvalue weighted by atomic mass is 35.5. The molecule has 0 aliphatic carbocycles. The third-order valence-corrected chi connectivity index (χ3v) is 6.79. The number of amides is 1. The first-order valence-corrected chi connectivity index (χ1v) is 11.3. The number of halogens is 3. The molecule has 32 heavy (non-hydrogen) atoms. The standard InChI is InChI=1S/C20H19ClF2N2O6S/c21-13-7-9-14(10-8-13)32(28,29)25-11-3-5-16(25)19(27)30-12-18(26)24-15-4-1-2-6-17(15)31-20(22)23/h1-2,4,6-10,16,20H,3,5,11-12H2,(H,24,26)/t16-/m0/s1. The molecule has 1 N–H and O–H groups in total. The van der Waals surface area contributed by atoms with Gasteiger partial charge in [-0.1, -0.05) is 23.7 Å². The Kier molecular flexibility index (Phi) is 7.64. The largest absolute Gasteiger partial charge is 0.454 e. The second-order valence-electron chi connectivity index (χ2n) is 6.76. The number of nitrogens with one attached hydrogen (secondary N) is 1. The number of sulfonamides is 1. The molecule has 1 aliphatic rings. The van der Waals surface area contributed by atoms with Crippen molar-refractivity contribution in [3.05, 3.63) is 53.6 Å². The van der Waals surface area contributed by atoms with E-state index < -0.39 is 41.2 Å². The zero-order valence-corrected chi connectivity index (χ0v) is 18.1. The fourth-order valence-electron chi connectivity index (χ4n) is 3.19. The molecule has 1 amide bonds. The molecule has 0 spiro atoms. The number of esters is 1. The van der Waals surface area contributed by atoms with Crippen molar-refractivity contribution in [3.8, 4) is 5.75 Å². The average molecular weight is 489 g/mol. The smallest absolute Gasteiger partial charge is 0.387 e. The maximum atomic E-state index is 12.9. The van der Waals surface area contributed by atoms with Gasteiger partial charge < -0.3 is 14.8 Å². The van der Waals surface area contributed by atoms with E-state index in [1.807, 2.05) is 0 Å². The van der Waals surface area contributed by atoms with Crippen molar-refractivity contribution in [2.24, 2.45) is 0 Å². The number of para-hydroxylation sites is 2. The molecule has 2 aromatic rings. The van der Waals surface area contributed by atoms with Crippen LogP contribution in [0.25, 0.3) is 0 Å². The second-order valence-corrected chi connectivity index (χ2v) is 9.09. The maximum absolute atomic E-state index is 12.9. The lowest BCUT2D eigenvalue weighted by molar-refractivity contribution is -0.150. The Morgan fingerprint density at radius 3 is 2.53 bits per heavy atom. The highest BCUT2D eigenvalue weighted by Crippen LogP contribution is 2.28. The van der Waals surface area contributed by atoms with Gasteiger partial charge in [-0.3, -0.25) is 9.59 Å². The molecule has 1 aliphatic heterocycles. The lowest BCUT2D eigenvalue weighted by Crippen LogP contribution is -2.42. The summed E-state index contributed by atoms with van der Waals surface area (Å²) in [5, 5.41) is 2.68. The third kappa shape index (κ3) is 5.72. The molecule has 1 heterocycles. The molecule has 0 unspecified atom stereocenters.